The Kier molecular flexibility index (Phi) is 3.77. The molecule has 1 atom stereocenters. The first-order valence-corrected chi connectivity index (χ1v) is 6.28. The van der Waals surface area contributed by atoms with Crippen molar-refractivity contribution in [3.8, 4) is 0 Å². The number of rotatable bonds is 3. The highest BCUT2D eigenvalue weighted by atomic mass is 19.1. The van der Waals surface area contributed by atoms with Gasteiger partial charge in [0.1, 0.15) is 12.0 Å². The third kappa shape index (κ3) is 2.34. The van der Waals surface area contributed by atoms with Crippen molar-refractivity contribution < 1.29 is 8.78 Å². The van der Waals surface area contributed by atoms with E-state index in [2.05, 4.69) is 0 Å². The second-order valence-corrected chi connectivity index (χ2v) is 5.01. The minimum atomic E-state index is -1.28. The monoisotopic (exact) mass is 239 g/mol. The molecule has 1 aliphatic rings. The maximum Gasteiger partial charge on any atom is 0.135 e. The molecule has 2 rings (SSSR count). The molecule has 94 valence electrons. The molecule has 1 unspecified atom stereocenters. The summed E-state index contributed by atoms with van der Waals surface area (Å²) in [6, 6.07) is 6.11. The minimum Gasteiger partial charge on any atom is -0.330 e. The molecule has 1 aromatic rings. The van der Waals surface area contributed by atoms with Gasteiger partial charge < -0.3 is 5.73 Å². The number of hydrogen-bond donors (Lipinski definition) is 1. The van der Waals surface area contributed by atoms with Crippen LogP contribution in [0.4, 0.5) is 8.78 Å². The van der Waals surface area contributed by atoms with Gasteiger partial charge in [-0.2, -0.15) is 0 Å². The highest BCUT2D eigenvalue weighted by molar-refractivity contribution is 5.22. The molecule has 0 saturated heterocycles. The van der Waals surface area contributed by atoms with Crippen LogP contribution in [0.25, 0.3) is 0 Å². The van der Waals surface area contributed by atoms with Gasteiger partial charge in [0.25, 0.3) is 0 Å². The molecular weight excluding hydrogens is 220 g/mol. The quantitative estimate of drug-likeness (QED) is 0.854. The van der Waals surface area contributed by atoms with Gasteiger partial charge in [0.05, 0.1) is 0 Å². The van der Waals surface area contributed by atoms with Gasteiger partial charge in [0, 0.05) is 17.5 Å². The number of alkyl halides is 1. The third-order valence-corrected chi connectivity index (χ3v) is 3.97. The second-order valence-electron chi connectivity index (χ2n) is 5.01. The maximum absolute atomic E-state index is 14.6. The van der Waals surface area contributed by atoms with Crippen molar-refractivity contribution in [3.63, 3.8) is 0 Å². The number of hydrogen-bond acceptors (Lipinski definition) is 1. The SMILES string of the molecule is NCC1(C(F)c2ccccc2F)CCCCC1. The number of benzene rings is 1. The number of halogens is 2. The van der Waals surface area contributed by atoms with Gasteiger partial charge in [-0.15, -0.1) is 0 Å². The van der Waals surface area contributed by atoms with Crippen LogP contribution in [-0.4, -0.2) is 6.54 Å². The molecule has 1 saturated carbocycles. The van der Waals surface area contributed by atoms with E-state index in [4.69, 9.17) is 5.73 Å². The van der Waals surface area contributed by atoms with Crippen molar-refractivity contribution in [2.24, 2.45) is 11.1 Å². The first kappa shape index (κ1) is 12.5. The van der Waals surface area contributed by atoms with Crippen LogP contribution < -0.4 is 5.73 Å². The van der Waals surface area contributed by atoms with Crippen LogP contribution in [0.5, 0.6) is 0 Å². The Labute approximate surface area is 101 Å². The zero-order chi connectivity index (χ0) is 12.3. The van der Waals surface area contributed by atoms with Gasteiger partial charge in [0.2, 0.25) is 0 Å². The predicted octanol–water partition coefficient (Wildman–Crippen LogP) is 3.75. The standard InChI is InChI=1S/C14H19F2N/c15-12-7-3-2-6-11(12)13(16)14(10-17)8-4-1-5-9-14/h2-3,6-7,13H,1,4-5,8-10,17H2. The summed E-state index contributed by atoms with van der Waals surface area (Å²) in [6.45, 7) is 0.294. The molecule has 1 aliphatic carbocycles. The van der Waals surface area contributed by atoms with E-state index in [1.165, 1.54) is 12.1 Å². The van der Waals surface area contributed by atoms with E-state index < -0.39 is 17.4 Å². The molecule has 1 aromatic carbocycles. The summed E-state index contributed by atoms with van der Waals surface area (Å²) in [5.74, 6) is -0.460. The fourth-order valence-corrected chi connectivity index (χ4v) is 2.83. The van der Waals surface area contributed by atoms with Crippen LogP contribution in [0.1, 0.15) is 43.8 Å². The summed E-state index contributed by atoms with van der Waals surface area (Å²) >= 11 is 0. The summed E-state index contributed by atoms with van der Waals surface area (Å²) in [5, 5.41) is 0. The molecular formula is C14H19F2N. The summed E-state index contributed by atoms with van der Waals surface area (Å²) in [7, 11) is 0. The Bertz CT molecular complexity index is 372. The molecule has 17 heavy (non-hydrogen) atoms. The fraction of sp³-hybridized carbons (Fsp3) is 0.571. The summed E-state index contributed by atoms with van der Waals surface area (Å²) < 4.78 is 28.2. The molecule has 0 radical (unpaired) electrons. The Morgan fingerprint density at radius 1 is 1.18 bits per heavy atom. The molecule has 0 aliphatic heterocycles. The molecule has 0 aromatic heterocycles. The van der Waals surface area contributed by atoms with E-state index in [1.54, 1.807) is 12.1 Å². The minimum absolute atomic E-state index is 0.167. The summed E-state index contributed by atoms with van der Waals surface area (Å²) in [5.41, 5.74) is 5.38. The Morgan fingerprint density at radius 2 is 1.82 bits per heavy atom. The molecule has 0 amide bonds. The first-order valence-electron chi connectivity index (χ1n) is 6.28. The largest absolute Gasteiger partial charge is 0.330 e. The Morgan fingerprint density at radius 3 is 2.41 bits per heavy atom. The maximum atomic E-state index is 14.6. The van der Waals surface area contributed by atoms with E-state index in [0.717, 1.165) is 32.1 Å². The second kappa shape index (κ2) is 5.13. The van der Waals surface area contributed by atoms with Crippen LogP contribution in [0.3, 0.4) is 0 Å². The molecule has 0 spiro atoms. The van der Waals surface area contributed by atoms with Crippen molar-refractivity contribution >= 4 is 0 Å². The van der Waals surface area contributed by atoms with Crippen molar-refractivity contribution in [2.45, 2.75) is 38.3 Å². The Hall–Kier alpha value is -0.960. The van der Waals surface area contributed by atoms with Crippen molar-refractivity contribution in [1.29, 1.82) is 0 Å². The topological polar surface area (TPSA) is 26.0 Å². The van der Waals surface area contributed by atoms with E-state index in [0.29, 0.717) is 6.54 Å². The smallest absolute Gasteiger partial charge is 0.135 e. The summed E-state index contributed by atoms with van der Waals surface area (Å²) in [4.78, 5) is 0. The zero-order valence-corrected chi connectivity index (χ0v) is 9.96. The van der Waals surface area contributed by atoms with Crippen molar-refractivity contribution in [2.75, 3.05) is 6.54 Å². The van der Waals surface area contributed by atoms with Gasteiger partial charge in [-0.1, -0.05) is 37.5 Å². The van der Waals surface area contributed by atoms with Crippen LogP contribution in [0.15, 0.2) is 24.3 Å². The van der Waals surface area contributed by atoms with E-state index in [9.17, 15) is 8.78 Å². The molecule has 1 fully saturated rings. The highest BCUT2D eigenvalue weighted by Gasteiger charge is 2.40. The molecule has 2 N–H and O–H groups in total. The summed E-state index contributed by atoms with van der Waals surface area (Å²) in [6.07, 6.45) is 3.36. The van der Waals surface area contributed by atoms with Crippen LogP contribution in [0, 0.1) is 11.2 Å². The molecule has 1 nitrogen and oxygen atoms in total. The average Bonchev–Trinajstić information content (AvgIpc) is 2.39. The van der Waals surface area contributed by atoms with Crippen LogP contribution in [-0.2, 0) is 0 Å². The average molecular weight is 239 g/mol. The van der Waals surface area contributed by atoms with Gasteiger partial charge in [-0.3, -0.25) is 0 Å². The molecule has 0 heterocycles. The zero-order valence-electron chi connectivity index (χ0n) is 9.96. The highest BCUT2D eigenvalue weighted by Crippen LogP contribution is 2.47. The van der Waals surface area contributed by atoms with E-state index in [-0.39, 0.29) is 5.56 Å². The first-order chi connectivity index (χ1) is 8.19. The van der Waals surface area contributed by atoms with Gasteiger partial charge in [-0.05, 0) is 18.9 Å². The van der Waals surface area contributed by atoms with Crippen LogP contribution in [0.2, 0.25) is 0 Å². The van der Waals surface area contributed by atoms with Gasteiger partial charge in [-0.25, -0.2) is 8.78 Å². The van der Waals surface area contributed by atoms with Crippen molar-refractivity contribution in [3.05, 3.63) is 35.6 Å². The van der Waals surface area contributed by atoms with Gasteiger partial charge in [0.15, 0.2) is 0 Å². The number of nitrogens with two attached hydrogens (primary N) is 1. The lowest BCUT2D eigenvalue weighted by Crippen LogP contribution is -2.37. The Balaban J connectivity index is 2.28. The fourth-order valence-electron chi connectivity index (χ4n) is 2.83. The normalized spacial score (nSPS) is 21.1. The lowest BCUT2D eigenvalue weighted by Gasteiger charge is -2.39. The lowest BCUT2D eigenvalue weighted by molar-refractivity contribution is 0.0652. The third-order valence-electron chi connectivity index (χ3n) is 3.97. The molecule has 0 bridgehead atoms. The lowest BCUT2D eigenvalue weighted by atomic mass is 9.69. The van der Waals surface area contributed by atoms with Gasteiger partial charge >= 0.3 is 0 Å². The van der Waals surface area contributed by atoms with E-state index in [1.807, 2.05) is 0 Å². The van der Waals surface area contributed by atoms with Crippen LogP contribution >= 0.6 is 0 Å². The van der Waals surface area contributed by atoms with Crippen molar-refractivity contribution in [1.82, 2.24) is 0 Å². The van der Waals surface area contributed by atoms with E-state index >= 15 is 0 Å². The molecule has 3 heteroatoms. The predicted molar refractivity (Wildman–Crippen MR) is 64.8 cm³/mol.